The first-order chi connectivity index (χ1) is 8.59. The zero-order valence-corrected chi connectivity index (χ0v) is 11.9. The van der Waals surface area contributed by atoms with Crippen molar-refractivity contribution in [3.8, 4) is 0 Å². The van der Waals surface area contributed by atoms with Crippen molar-refractivity contribution >= 4 is 23.0 Å². The number of likely N-dealkylation sites (tertiary alicyclic amines) is 1. The number of benzene rings is 1. The lowest BCUT2D eigenvalue weighted by molar-refractivity contribution is 0.194. The molecule has 0 aromatic heterocycles. The summed E-state index contributed by atoms with van der Waals surface area (Å²) in [6, 6.07) is 4.31. The van der Waals surface area contributed by atoms with Crippen molar-refractivity contribution in [2.45, 2.75) is 32.2 Å². The SMILES string of the molecule is Cc1c(Cl)ccc(N)c1NCC1CCCCN1C. The van der Waals surface area contributed by atoms with Crippen LogP contribution in [0.25, 0.3) is 0 Å². The maximum absolute atomic E-state index is 6.13. The maximum atomic E-state index is 6.13. The molecule has 1 aromatic rings. The highest BCUT2D eigenvalue weighted by molar-refractivity contribution is 6.31. The highest BCUT2D eigenvalue weighted by atomic mass is 35.5. The van der Waals surface area contributed by atoms with E-state index in [0.717, 1.165) is 28.5 Å². The Balaban J connectivity index is 2.03. The Morgan fingerprint density at radius 3 is 2.94 bits per heavy atom. The fraction of sp³-hybridized carbons (Fsp3) is 0.571. The molecule has 1 saturated heterocycles. The van der Waals surface area contributed by atoms with E-state index in [1.54, 1.807) is 0 Å². The Hall–Kier alpha value is -0.930. The summed E-state index contributed by atoms with van der Waals surface area (Å²) < 4.78 is 0. The second-order valence-electron chi connectivity index (χ2n) is 5.15. The van der Waals surface area contributed by atoms with Crippen LogP contribution in [0.3, 0.4) is 0 Å². The number of nitrogen functional groups attached to an aromatic ring is 1. The normalized spacial score (nSPS) is 20.9. The largest absolute Gasteiger partial charge is 0.397 e. The van der Waals surface area contributed by atoms with Gasteiger partial charge in [0.2, 0.25) is 0 Å². The fourth-order valence-electron chi connectivity index (χ4n) is 2.56. The van der Waals surface area contributed by atoms with Crippen molar-refractivity contribution in [3.63, 3.8) is 0 Å². The summed E-state index contributed by atoms with van der Waals surface area (Å²) in [5, 5.41) is 4.24. The molecular weight excluding hydrogens is 246 g/mol. The van der Waals surface area contributed by atoms with Crippen molar-refractivity contribution < 1.29 is 0 Å². The molecule has 1 aliphatic rings. The first-order valence-corrected chi connectivity index (χ1v) is 6.96. The second-order valence-corrected chi connectivity index (χ2v) is 5.55. The molecule has 0 radical (unpaired) electrons. The van der Waals surface area contributed by atoms with Crippen LogP contribution in [0.5, 0.6) is 0 Å². The van der Waals surface area contributed by atoms with Crippen molar-refractivity contribution in [3.05, 3.63) is 22.7 Å². The minimum atomic E-state index is 0.594. The molecule has 0 bridgehead atoms. The summed E-state index contributed by atoms with van der Waals surface area (Å²) >= 11 is 6.13. The van der Waals surface area contributed by atoms with E-state index in [1.165, 1.54) is 25.8 Å². The first-order valence-electron chi connectivity index (χ1n) is 6.58. The van der Waals surface area contributed by atoms with Crippen LogP contribution in [-0.2, 0) is 0 Å². The number of halogens is 1. The van der Waals surface area contributed by atoms with Crippen LogP contribution in [0.2, 0.25) is 5.02 Å². The van der Waals surface area contributed by atoms with Gasteiger partial charge in [-0.15, -0.1) is 0 Å². The van der Waals surface area contributed by atoms with E-state index in [0.29, 0.717) is 6.04 Å². The van der Waals surface area contributed by atoms with Gasteiger partial charge in [0.15, 0.2) is 0 Å². The Bertz CT molecular complexity index is 420. The summed E-state index contributed by atoms with van der Waals surface area (Å²) in [7, 11) is 2.19. The molecule has 1 atom stereocenters. The number of rotatable bonds is 3. The van der Waals surface area contributed by atoms with Gasteiger partial charge >= 0.3 is 0 Å². The zero-order chi connectivity index (χ0) is 13.1. The van der Waals surface area contributed by atoms with Crippen molar-refractivity contribution in [2.75, 3.05) is 31.2 Å². The third-order valence-corrected chi connectivity index (χ3v) is 4.28. The summed E-state index contributed by atoms with van der Waals surface area (Å²) in [4.78, 5) is 2.42. The molecule has 1 unspecified atom stereocenters. The average molecular weight is 268 g/mol. The summed E-state index contributed by atoms with van der Waals surface area (Å²) in [6.07, 6.45) is 3.88. The molecule has 1 aliphatic heterocycles. The quantitative estimate of drug-likeness (QED) is 0.827. The molecule has 100 valence electrons. The second kappa shape index (κ2) is 5.81. The van der Waals surface area contributed by atoms with Crippen molar-refractivity contribution in [1.29, 1.82) is 0 Å². The van der Waals surface area contributed by atoms with Crippen molar-refractivity contribution in [2.24, 2.45) is 0 Å². The first kappa shape index (κ1) is 13.5. The smallest absolute Gasteiger partial charge is 0.0619 e. The van der Waals surface area contributed by atoms with Gasteiger partial charge in [-0.05, 0) is 51.1 Å². The number of nitrogens with zero attached hydrogens (tertiary/aromatic N) is 1. The van der Waals surface area contributed by atoms with Gasteiger partial charge in [0.25, 0.3) is 0 Å². The number of piperidine rings is 1. The molecule has 0 saturated carbocycles. The molecular formula is C14H22ClN3. The predicted octanol–water partition coefficient (Wildman–Crippen LogP) is 3.13. The fourth-order valence-corrected chi connectivity index (χ4v) is 2.72. The van der Waals surface area contributed by atoms with E-state index >= 15 is 0 Å². The Labute approximate surface area is 114 Å². The van der Waals surface area contributed by atoms with Crippen LogP contribution < -0.4 is 11.1 Å². The molecule has 0 aliphatic carbocycles. The van der Waals surface area contributed by atoms with E-state index in [-0.39, 0.29) is 0 Å². The molecule has 1 aromatic carbocycles. The van der Waals surface area contributed by atoms with E-state index in [4.69, 9.17) is 17.3 Å². The number of nitrogens with one attached hydrogen (secondary N) is 1. The summed E-state index contributed by atoms with van der Waals surface area (Å²) in [5.41, 5.74) is 8.80. The number of nitrogens with two attached hydrogens (primary N) is 1. The number of anilines is 2. The van der Waals surface area contributed by atoms with Crippen LogP contribution in [-0.4, -0.2) is 31.1 Å². The van der Waals surface area contributed by atoms with Crippen LogP contribution in [0.4, 0.5) is 11.4 Å². The van der Waals surface area contributed by atoms with E-state index in [2.05, 4.69) is 17.3 Å². The molecule has 3 N–H and O–H groups in total. The van der Waals surface area contributed by atoms with Crippen LogP contribution >= 0.6 is 11.6 Å². The monoisotopic (exact) mass is 267 g/mol. The zero-order valence-electron chi connectivity index (χ0n) is 11.2. The highest BCUT2D eigenvalue weighted by Crippen LogP contribution is 2.29. The Kier molecular flexibility index (Phi) is 4.36. The maximum Gasteiger partial charge on any atom is 0.0619 e. The third-order valence-electron chi connectivity index (χ3n) is 3.87. The van der Waals surface area contributed by atoms with Gasteiger partial charge in [0, 0.05) is 17.6 Å². The minimum absolute atomic E-state index is 0.594. The van der Waals surface area contributed by atoms with Crippen LogP contribution in [0.1, 0.15) is 24.8 Å². The van der Waals surface area contributed by atoms with Gasteiger partial charge in [-0.2, -0.15) is 0 Å². The lowest BCUT2D eigenvalue weighted by atomic mass is 10.0. The van der Waals surface area contributed by atoms with Gasteiger partial charge in [-0.3, -0.25) is 0 Å². The molecule has 4 heteroatoms. The number of hydrogen-bond donors (Lipinski definition) is 2. The van der Waals surface area contributed by atoms with Gasteiger partial charge < -0.3 is 16.0 Å². The van der Waals surface area contributed by atoms with Gasteiger partial charge in [0.05, 0.1) is 11.4 Å². The van der Waals surface area contributed by atoms with Gasteiger partial charge in [-0.25, -0.2) is 0 Å². The lowest BCUT2D eigenvalue weighted by Crippen LogP contribution is -2.40. The molecule has 1 fully saturated rings. The number of hydrogen-bond acceptors (Lipinski definition) is 3. The van der Waals surface area contributed by atoms with Crippen LogP contribution in [0.15, 0.2) is 12.1 Å². The molecule has 2 rings (SSSR count). The third kappa shape index (κ3) is 2.90. The summed E-state index contributed by atoms with van der Waals surface area (Å²) in [5.74, 6) is 0. The van der Waals surface area contributed by atoms with Crippen molar-refractivity contribution in [1.82, 2.24) is 4.90 Å². The topological polar surface area (TPSA) is 41.3 Å². The molecule has 3 nitrogen and oxygen atoms in total. The minimum Gasteiger partial charge on any atom is -0.397 e. The molecule has 18 heavy (non-hydrogen) atoms. The van der Waals surface area contributed by atoms with Gasteiger partial charge in [-0.1, -0.05) is 18.0 Å². The van der Waals surface area contributed by atoms with E-state index < -0.39 is 0 Å². The number of likely N-dealkylation sites (N-methyl/N-ethyl adjacent to an activating group) is 1. The average Bonchev–Trinajstić information content (AvgIpc) is 2.36. The summed E-state index contributed by atoms with van der Waals surface area (Å²) in [6.45, 7) is 4.13. The highest BCUT2D eigenvalue weighted by Gasteiger charge is 2.19. The van der Waals surface area contributed by atoms with Crippen LogP contribution in [0, 0.1) is 6.92 Å². The lowest BCUT2D eigenvalue weighted by Gasteiger charge is -2.33. The Morgan fingerprint density at radius 2 is 2.22 bits per heavy atom. The standard InChI is InChI=1S/C14H22ClN3/c1-10-12(15)6-7-13(16)14(10)17-9-11-5-3-4-8-18(11)2/h6-7,11,17H,3-5,8-9,16H2,1-2H3. The molecule has 0 amide bonds. The Morgan fingerprint density at radius 1 is 1.44 bits per heavy atom. The van der Waals surface area contributed by atoms with E-state index in [9.17, 15) is 0 Å². The predicted molar refractivity (Wildman–Crippen MR) is 79.4 cm³/mol. The molecule has 1 heterocycles. The molecule has 0 spiro atoms. The van der Waals surface area contributed by atoms with Gasteiger partial charge in [0.1, 0.15) is 0 Å². The van der Waals surface area contributed by atoms with E-state index in [1.807, 2.05) is 19.1 Å².